The van der Waals surface area contributed by atoms with Crippen LogP contribution in [0.3, 0.4) is 0 Å². The Morgan fingerprint density at radius 3 is 3.00 bits per heavy atom. The van der Waals surface area contributed by atoms with Gasteiger partial charge in [-0.05, 0) is 35.0 Å². The Morgan fingerprint density at radius 2 is 2.37 bits per heavy atom. The summed E-state index contributed by atoms with van der Waals surface area (Å²) in [5, 5.41) is 3.20. The third-order valence-electron chi connectivity index (χ3n) is 2.28. The summed E-state index contributed by atoms with van der Waals surface area (Å²) in [6, 6.07) is 5.12. The molecule has 1 amide bonds. The van der Waals surface area contributed by atoms with Crippen molar-refractivity contribution in [2.45, 2.75) is 6.92 Å². The summed E-state index contributed by atoms with van der Waals surface area (Å²) in [6.07, 6.45) is 1.62. The second-order valence-corrected chi connectivity index (χ2v) is 5.99. The molecule has 19 heavy (non-hydrogen) atoms. The second kappa shape index (κ2) is 6.03. The number of nitrogen functional groups attached to an aromatic ring is 1. The van der Waals surface area contributed by atoms with Crippen molar-refractivity contribution >= 4 is 44.0 Å². The monoisotopic (exact) mass is 341 g/mol. The number of halogens is 1. The van der Waals surface area contributed by atoms with E-state index in [4.69, 9.17) is 10.5 Å². The number of amides is 1. The van der Waals surface area contributed by atoms with Crippen LogP contribution in [0.25, 0.3) is 0 Å². The maximum atomic E-state index is 12.2. The zero-order valence-electron chi connectivity index (χ0n) is 10.1. The van der Waals surface area contributed by atoms with E-state index in [1.807, 2.05) is 6.92 Å². The van der Waals surface area contributed by atoms with Crippen LogP contribution in [0.2, 0.25) is 0 Å². The minimum Gasteiger partial charge on any atom is -0.493 e. The Labute approximate surface area is 122 Å². The highest BCUT2D eigenvalue weighted by Crippen LogP contribution is 2.28. The van der Waals surface area contributed by atoms with Gasteiger partial charge in [0.25, 0.3) is 5.91 Å². The number of carbonyl (C=O) groups is 1. The van der Waals surface area contributed by atoms with Gasteiger partial charge >= 0.3 is 0 Å². The van der Waals surface area contributed by atoms with Crippen LogP contribution in [-0.4, -0.2) is 17.5 Å². The lowest BCUT2D eigenvalue weighted by Gasteiger charge is -2.11. The minimum atomic E-state index is -0.330. The molecule has 3 N–H and O–H groups in total. The molecular weight excluding hydrogens is 330 g/mol. The van der Waals surface area contributed by atoms with E-state index < -0.39 is 0 Å². The maximum Gasteiger partial charge on any atom is 0.263 e. The van der Waals surface area contributed by atoms with Crippen LogP contribution in [0, 0.1) is 0 Å². The fraction of sp³-hybridized carbons (Fsp3) is 0.167. The van der Waals surface area contributed by atoms with Crippen molar-refractivity contribution < 1.29 is 9.53 Å². The number of nitrogens with zero attached hydrogens (tertiary/aromatic N) is 1. The molecule has 2 aromatic rings. The highest BCUT2D eigenvalue weighted by Gasteiger charge is 2.17. The zero-order chi connectivity index (χ0) is 13.8. The van der Waals surface area contributed by atoms with Gasteiger partial charge in [-0.2, -0.15) is 0 Å². The molecule has 0 aliphatic rings. The first kappa shape index (κ1) is 13.8. The third kappa shape index (κ3) is 3.24. The number of hydrogen-bond donors (Lipinski definition) is 2. The standard InChI is InChI=1S/C12H12BrN3O2S/c1-2-18-8-5-3-4-7(14)10(8)11(17)16-12-15-6-9(13)19-12/h3-6H,2,14H2,1H3,(H,15,16,17). The number of thiazole rings is 1. The maximum absolute atomic E-state index is 12.2. The highest BCUT2D eigenvalue weighted by atomic mass is 79.9. The van der Waals surface area contributed by atoms with Crippen LogP contribution < -0.4 is 15.8 Å². The van der Waals surface area contributed by atoms with Crippen molar-refractivity contribution in [3.05, 3.63) is 33.7 Å². The summed E-state index contributed by atoms with van der Waals surface area (Å²) >= 11 is 4.62. The number of nitrogens with two attached hydrogens (primary N) is 1. The van der Waals surface area contributed by atoms with Gasteiger partial charge in [-0.3, -0.25) is 10.1 Å². The van der Waals surface area contributed by atoms with Crippen LogP contribution in [-0.2, 0) is 0 Å². The average molecular weight is 342 g/mol. The molecule has 0 saturated heterocycles. The summed E-state index contributed by atoms with van der Waals surface area (Å²) in [6.45, 7) is 2.31. The van der Waals surface area contributed by atoms with Crippen molar-refractivity contribution in [3.8, 4) is 5.75 Å². The first-order chi connectivity index (χ1) is 9.11. The molecule has 7 heteroatoms. The molecule has 0 spiro atoms. The molecule has 0 aliphatic heterocycles. The Bertz CT molecular complexity index is 600. The molecule has 5 nitrogen and oxygen atoms in total. The van der Waals surface area contributed by atoms with E-state index in [1.165, 1.54) is 11.3 Å². The van der Waals surface area contributed by atoms with Crippen LogP contribution in [0.15, 0.2) is 28.2 Å². The highest BCUT2D eigenvalue weighted by molar-refractivity contribution is 9.11. The Morgan fingerprint density at radius 1 is 1.58 bits per heavy atom. The molecule has 2 rings (SSSR count). The summed E-state index contributed by atoms with van der Waals surface area (Å²) in [4.78, 5) is 16.3. The van der Waals surface area contributed by atoms with E-state index in [0.29, 0.717) is 28.7 Å². The third-order valence-corrected chi connectivity index (χ3v) is 3.67. The Kier molecular flexibility index (Phi) is 4.39. The van der Waals surface area contributed by atoms with Crippen LogP contribution in [0.1, 0.15) is 17.3 Å². The van der Waals surface area contributed by atoms with Gasteiger partial charge in [0.05, 0.1) is 16.6 Å². The predicted molar refractivity (Wildman–Crippen MR) is 79.8 cm³/mol. The van der Waals surface area contributed by atoms with Crippen LogP contribution >= 0.6 is 27.3 Å². The first-order valence-electron chi connectivity index (χ1n) is 5.55. The molecule has 1 heterocycles. The van der Waals surface area contributed by atoms with Gasteiger partial charge in [0, 0.05) is 5.69 Å². The molecule has 0 bridgehead atoms. The molecule has 0 atom stereocenters. The quantitative estimate of drug-likeness (QED) is 0.837. The van der Waals surface area contributed by atoms with Gasteiger partial charge < -0.3 is 10.5 Å². The van der Waals surface area contributed by atoms with Crippen LogP contribution in [0.4, 0.5) is 10.8 Å². The largest absolute Gasteiger partial charge is 0.493 e. The van der Waals surface area contributed by atoms with Crippen molar-refractivity contribution in [1.29, 1.82) is 0 Å². The van der Waals surface area contributed by atoms with Gasteiger partial charge in [0.1, 0.15) is 11.3 Å². The summed E-state index contributed by atoms with van der Waals surface area (Å²) in [5.74, 6) is 0.138. The summed E-state index contributed by atoms with van der Waals surface area (Å²) in [5.41, 5.74) is 6.55. The van der Waals surface area contributed by atoms with Crippen molar-refractivity contribution in [3.63, 3.8) is 0 Å². The van der Waals surface area contributed by atoms with E-state index in [-0.39, 0.29) is 5.91 Å². The lowest BCUT2D eigenvalue weighted by molar-refractivity contribution is 0.102. The Hall–Kier alpha value is -1.60. The second-order valence-electron chi connectivity index (χ2n) is 3.58. The molecule has 0 fully saturated rings. The van der Waals surface area contributed by atoms with Gasteiger partial charge in [0.15, 0.2) is 5.13 Å². The van der Waals surface area contributed by atoms with Gasteiger partial charge in [-0.1, -0.05) is 17.4 Å². The molecule has 0 unspecified atom stereocenters. The fourth-order valence-corrected chi connectivity index (χ4v) is 2.64. The lowest BCUT2D eigenvalue weighted by Crippen LogP contribution is -2.15. The number of hydrogen-bond acceptors (Lipinski definition) is 5. The number of nitrogens with one attached hydrogen (secondary N) is 1. The smallest absolute Gasteiger partial charge is 0.263 e. The normalized spacial score (nSPS) is 10.2. The number of anilines is 2. The molecule has 0 radical (unpaired) electrons. The number of aromatic nitrogens is 1. The lowest BCUT2D eigenvalue weighted by atomic mass is 10.1. The molecule has 0 aliphatic carbocycles. The zero-order valence-corrected chi connectivity index (χ0v) is 12.5. The van der Waals surface area contributed by atoms with Gasteiger partial charge in [-0.15, -0.1) is 0 Å². The van der Waals surface area contributed by atoms with Crippen molar-refractivity contribution in [2.75, 3.05) is 17.7 Å². The summed E-state index contributed by atoms with van der Waals surface area (Å²) < 4.78 is 6.26. The molecule has 100 valence electrons. The average Bonchev–Trinajstić information content (AvgIpc) is 2.75. The molecule has 1 aromatic carbocycles. The predicted octanol–water partition coefficient (Wildman–Crippen LogP) is 3.14. The van der Waals surface area contributed by atoms with E-state index in [9.17, 15) is 4.79 Å². The molecule has 1 aromatic heterocycles. The topological polar surface area (TPSA) is 77.2 Å². The van der Waals surface area contributed by atoms with Crippen molar-refractivity contribution in [1.82, 2.24) is 4.98 Å². The number of ether oxygens (including phenoxy) is 1. The Balaban J connectivity index is 2.27. The van der Waals surface area contributed by atoms with Gasteiger partial charge in [0.2, 0.25) is 0 Å². The number of rotatable bonds is 4. The minimum absolute atomic E-state index is 0.329. The van der Waals surface area contributed by atoms with Crippen molar-refractivity contribution in [2.24, 2.45) is 0 Å². The fourth-order valence-electron chi connectivity index (χ4n) is 1.54. The van der Waals surface area contributed by atoms with E-state index in [1.54, 1.807) is 24.4 Å². The molecular formula is C12H12BrN3O2S. The van der Waals surface area contributed by atoms with E-state index in [0.717, 1.165) is 3.79 Å². The summed E-state index contributed by atoms with van der Waals surface area (Å²) in [7, 11) is 0. The van der Waals surface area contributed by atoms with E-state index in [2.05, 4.69) is 26.2 Å². The van der Waals surface area contributed by atoms with Crippen LogP contribution in [0.5, 0.6) is 5.75 Å². The number of carbonyl (C=O) groups excluding carboxylic acids is 1. The van der Waals surface area contributed by atoms with E-state index >= 15 is 0 Å². The first-order valence-corrected chi connectivity index (χ1v) is 7.16. The van der Waals surface area contributed by atoms with Gasteiger partial charge in [-0.25, -0.2) is 4.98 Å². The molecule has 0 saturated carbocycles. The SMILES string of the molecule is CCOc1cccc(N)c1C(=O)Nc1ncc(Br)s1. The number of benzene rings is 1.